The van der Waals surface area contributed by atoms with E-state index in [-0.39, 0.29) is 11.9 Å². The molecule has 0 amide bonds. The minimum Gasteiger partial charge on any atom is -0.306 e. The summed E-state index contributed by atoms with van der Waals surface area (Å²) in [6.07, 6.45) is 1.05. The van der Waals surface area contributed by atoms with Crippen LogP contribution in [0.25, 0.3) is 0 Å². The maximum absolute atomic E-state index is 13.3. The summed E-state index contributed by atoms with van der Waals surface area (Å²) >= 11 is 5.12. The van der Waals surface area contributed by atoms with E-state index in [1.165, 1.54) is 11.6 Å². The fraction of sp³-hybridized carbons (Fsp3) is 0.286. The minimum absolute atomic E-state index is 0.0585. The van der Waals surface area contributed by atoms with Crippen LogP contribution in [-0.2, 0) is 0 Å². The van der Waals surface area contributed by atoms with Crippen LogP contribution in [0.5, 0.6) is 0 Å². The first-order chi connectivity index (χ1) is 8.70. The molecule has 1 aromatic heterocycles. The Kier molecular flexibility index (Phi) is 4.92. The van der Waals surface area contributed by atoms with Crippen molar-refractivity contribution in [3.05, 3.63) is 56.4 Å². The van der Waals surface area contributed by atoms with Crippen molar-refractivity contribution in [3.8, 4) is 0 Å². The first-order valence-electron chi connectivity index (χ1n) is 5.93. The standard InChI is InChI=1S/C14H15BrFNS/c1-2-6-17-14(11-8-13(15)18-9-11)10-4-3-5-12(16)7-10/h3-5,7-9,14,17H,2,6H2,1H3. The number of nitrogens with one attached hydrogen (secondary N) is 1. The third-order valence-corrected chi connectivity index (χ3v) is 4.22. The van der Waals surface area contributed by atoms with Crippen molar-refractivity contribution in [1.82, 2.24) is 5.32 Å². The van der Waals surface area contributed by atoms with Gasteiger partial charge in [-0.3, -0.25) is 0 Å². The molecule has 0 saturated heterocycles. The highest BCUT2D eigenvalue weighted by molar-refractivity contribution is 9.11. The van der Waals surface area contributed by atoms with Crippen LogP contribution >= 0.6 is 27.3 Å². The van der Waals surface area contributed by atoms with Crippen LogP contribution in [0, 0.1) is 5.82 Å². The molecule has 96 valence electrons. The van der Waals surface area contributed by atoms with Crippen LogP contribution in [0.15, 0.2) is 39.5 Å². The van der Waals surface area contributed by atoms with Gasteiger partial charge in [0.1, 0.15) is 5.82 Å². The maximum Gasteiger partial charge on any atom is 0.123 e. The molecule has 1 aromatic carbocycles. The van der Waals surface area contributed by atoms with Crippen LogP contribution in [0.3, 0.4) is 0 Å². The lowest BCUT2D eigenvalue weighted by Gasteiger charge is -2.18. The molecule has 0 spiro atoms. The molecule has 0 aliphatic rings. The quantitative estimate of drug-likeness (QED) is 0.836. The lowest BCUT2D eigenvalue weighted by Crippen LogP contribution is -2.22. The summed E-state index contributed by atoms with van der Waals surface area (Å²) in [6, 6.07) is 8.93. The summed E-state index contributed by atoms with van der Waals surface area (Å²) < 4.78 is 14.4. The summed E-state index contributed by atoms with van der Waals surface area (Å²) in [7, 11) is 0. The van der Waals surface area contributed by atoms with Crippen molar-refractivity contribution in [1.29, 1.82) is 0 Å². The monoisotopic (exact) mass is 327 g/mol. The van der Waals surface area contributed by atoms with Crippen molar-refractivity contribution in [3.63, 3.8) is 0 Å². The van der Waals surface area contributed by atoms with Crippen molar-refractivity contribution in [2.45, 2.75) is 19.4 Å². The van der Waals surface area contributed by atoms with Crippen molar-refractivity contribution >= 4 is 27.3 Å². The average molecular weight is 328 g/mol. The van der Waals surface area contributed by atoms with Crippen LogP contribution in [0.1, 0.15) is 30.5 Å². The molecule has 4 heteroatoms. The van der Waals surface area contributed by atoms with E-state index in [9.17, 15) is 4.39 Å². The van der Waals surface area contributed by atoms with Crippen LogP contribution < -0.4 is 5.32 Å². The number of hydrogen-bond donors (Lipinski definition) is 1. The second-order valence-corrected chi connectivity index (χ2v) is 6.42. The molecule has 0 radical (unpaired) electrons. The van der Waals surface area contributed by atoms with Crippen molar-refractivity contribution in [2.75, 3.05) is 6.54 Å². The first kappa shape index (κ1) is 13.7. The van der Waals surface area contributed by atoms with E-state index in [0.717, 1.165) is 22.3 Å². The Morgan fingerprint density at radius 2 is 2.17 bits per heavy atom. The highest BCUT2D eigenvalue weighted by atomic mass is 79.9. The Morgan fingerprint density at radius 3 is 2.78 bits per heavy atom. The normalized spacial score (nSPS) is 12.6. The van der Waals surface area contributed by atoms with Gasteiger partial charge in [-0.1, -0.05) is 19.1 Å². The highest BCUT2D eigenvalue weighted by Gasteiger charge is 2.15. The summed E-state index contributed by atoms with van der Waals surface area (Å²) in [5.41, 5.74) is 2.14. The maximum atomic E-state index is 13.3. The molecular weight excluding hydrogens is 313 g/mol. The molecule has 1 nitrogen and oxygen atoms in total. The summed E-state index contributed by atoms with van der Waals surface area (Å²) in [4.78, 5) is 0. The zero-order valence-corrected chi connectivity index (χ0v) is 12.5. The van der Waals surface area contributed by atoms with Gasteiger partial charge in [0.15, 0.2) is 0 Å². The van der Waals surface area contributed by atoms with E-state index in [1.54, 1.807) is 23.5 Å². The molecule has 1 unspecified atom stereocenters. The summed E-state index contributed by atoms with van der Waals surface area (Å²) in [5.74, 6) is -0.190. The van der Waals surface area contributed by atoms with E-state index < -0.39 is 0 Å². The number of hydrogen-bond acceptors (Lipinski definition) is 2. The predicted octanol–water partition coefficient (Wildman–Crippen LogP) is 4.74. The molecule has 0 aliphatic carbocycles. The van der Waals surface area contributed by atoms with Gasteiger partial charge < -0.3 is 5.32 Å². The molecule has 0 fully saturated rings. The highest BCUT2D eigenvalue weighted by Crippen LogP contribution is 2.29. The van der Waals surface area contributed by atoms with Gasteiger partial charge in [0.25, 0.3) is 0 Å². The molecule has 1 N–H and O–H groups in total. The average Bonchev–Trinajstić information content (AvgIpc) is 2.76. The summed E-state index contributed by atoms with van der Waals surface area (Å²) in [6.45, 7) is 3.04. The smallest absolute Gasteiger partial charge is 0.123 e. The molecule has 1 atom stereocenters. The van der Waals surface area contributed by atoms with Crippen LogP contribution in [-0.4, -0.2) is 6.54 Å². The fourth-order valence-electron chi connectivity index (χ4n) is 1.88. The van der Waals surface area contributed by atoms with Gasteiger partial charge in [-0.2, -0.15) is 0 Å². The Hall–Kier alpha value is -0.710. The van der Waals surface area contributed by atoms with Gasteiger partial charge >= 0.3 is 0 Å². The fourth-order valence-corrected chi connectivity index (χ4v) is 3.08. The Labute approximate surface area is 119 Å². The van der Waals surface area contributed by atoms with E-state index in [4.69, 9.17) is 0 Å². The van der Waals surface area contributed by atoms with Gasteiger partial charge in [0, 0.05) is 0 Å². The zero-order chi connectivity index (χ0) is 13.0. The zero-order valence-electron chi connectivity index (χ0n) is 10.1. The Bertz CT molecular complexity index is 512. The minimum atomic E-state index is -0.190. The van der Waals surface area contributed by atoms with E-state index >= 15 is 0 Å². The topological polar surface area (TPSA) is 12.0 Å². The molecule has 0 saturated carbocycles. The Balaban J connectivity index is 2.30. The molecule has 0 aliphatic heterocycles. The number of thiophene rings is 1. The van der Waals surface area contributed by atoms with Gasteiger partial charge in [-0.05, 0) is 63.6 Å². The lowest BCUT2D eigenvalue weighted by molar-refractivity contribution is 0.586. The van der Waals surface area contributed by atoms with E-state index in [2.05, 4.69) is 39.6 Å². The largest absolute Gasteiger partial charge is 0.306 e. The van der Waals surface area contributed by atoms with Gasteiger partial charge in [0.05, 0.1) is 9.83 Å². The number of rotatable bonds is 5. The predicted molar refractivity (Wildman–Crippen MR) is 78.6 cm³/mol. The van der Waals surface area contributed by atoms with Crippen molar-refractivity contribution < 1.29 is 4.39 Å². The lowest BCUT2D eigenvalue weighted by atomic mass is 10.0. The van der Waals surface area contributed by atoms with Crippen LogP contribution in [0.2, 0.25) is 0 Å². The molecule has 1 heterocycles. The first-order valence-corrected chi connectivity index (χ1v) is 7.60. The molecule has 18 heavy (non-hydrogen) atoms. The summed E-state index contributed by atoms with van der Waals surface area (Å²) in [5, 5.41) is 5.56. The molecule has 2 rings (SSSR count). The third-order valence-electron chi connectivity index (χ3n) is 2.70. The second-order valence-electron chi connectivity index (χ2n) is 4.13. The van der Waals surface area contributed by atoms with Crippen molar-refractivity contribution in [2.24, 2.45) is 0 Å². The van der Waals surface area contributed by atoms with E-state index in [1.807, 2.05) is 6.07 Å². The van der Waals surface area contributed by atoms with Gasteiger partial charge in [0.2, 0.25) is 0 Å². The van der Waals surface area contributed by atoms with Gasteiger partial charge in [-0.25, -0.2) is 4.39 Å². The number of halogens is 2. The van der Waals surface area contributed by atoms with Crippen LogP contribution in [0.4, 0.5) is 4.39 Å². The van der Waals surface area contributed by atoms with E-state index in [0.29, 0.717) is 0 Å². The SMILES string of the molecule is CCCNC(c1cccc(F)c1)c1csc(Br)c1. The second kappa shape index (κ2) is 6.45. The molecule has 0 bridgehead atoms. The number of benzene rings is 1. The third kappa shape index (κ3) is 3.40. The molecule has 2 aromatic rings. The molecular formula is C14H15BrFNS. The van der Waals surface area contributed by atoms with Gasteiger partial charge in [-0.15, -0.1) is 11.3 Å². The Morgan fingerprint density at radius 1 is 1.33 bits per heavy atom.